The number of hydrogen-bond donors (Lipinski definition) is 2. The molecule has 1 aromatic heterocycles. The van der Waals surface area contributed by atoms with E-state index in [0.29, 0.717) is 17.5 Å². The molecule has 0 saturated carbocycles. The molecule has 1 saturated heterocycles. The molecule has 1 aromatic carbocycles. The van der Waals surface area contributed by atoms with Crippen LogP contribution < -0.4 is 15.5 Å². The third-order valence-corrected chi connectivity index (χ3v) is 4.52. The van der Waals surface area contributed by atoms with Crippen molar-refractivity contribution in [3.8, 4) is 5.75 Å². The molecule has 1 aliphatic rings. The highest BCUT2D eigenvalue weighted by Crippen LogP contribution is 2.28. The number of phenolic OH excluding ortho intramolecular Hbond substituents is 1. The Morgan fingerprint density at radius 2 is 1.76 bits per heavy atom. The van der Waals surface area contributed by atoms with Crippen LogP contribution in [0, 0.1) is 0 Å². The number of hydrogen-bond acceptors (Lipinski definition) is 8. The lowest BCUT2D eigenvalue weighted by atomic mass is 10.2. The Bertz CT molecular complexity index is 729. The van der Waals surface area contributed by atoms with Crippen LogP contribution in [-0.4, -0.2) is 65.2 Å². The highest BCUT2D eigenvalue weighted by Gasteiger charge is 2.25. The lowest BCUT2D eigenvalue weighted by Gasteiger charge is -2.38. The molecule has 0 spiro atoms. The van der Waals surface area contributed by atoms with Crippen molar-refractivity contribution in [2.75, 3.05) is 55.8 Å². The van der Waals surface area contributed by atoms with E-state index in [2.05, 4.69) is 31.7 Å². The predicted molar refractivity (Wildman–Crippen MR) is 98.9 cm³/mol. The van der Waals surface area contributed by atoms with Crippen LogP contribution in [0.3, 0.4) is 0 Å². The minimum absolute atomic E-state index is 0.0514. The van der Waals surface area contributed by atoms with Gasteiger partial charge in [-0.05, 0) is 19.1 Å². The first kappa shape index (κ1) is 17.2. The summed E-state index contributed by atoms with van der Waals surface area (Å²) in [4.78, 5) is 19.3. The molecule has 3 rings (SSSR count). The largest absolute Gasteiger partial charge is 0.506 e. The normalized spacial score (nSPS) is 16.7. The highest BCUT2D eigenvalue weighted by atomic mass is 16.3. The third kappa shape index (κ3) is 3.74. The van der Waals surface area contributed by atoms with E-state index < -0.39 is 0 Å². The second kappa shape index (κ2) is 7.10. The number of nitrogens with zero attached hydrogens (tertiary/aromatic N) is 6. The Hall–Kier alpha value is -2.61. The van der Waals surface area contributed by atoms with Gasteiger partial charge in [0.15, 0.2) is 5.82 Å². The van der Waals surface area contributed by atoms with Gasteiger partial charge in [-0.1, -0.05) is 12.1 Å². The van der Waals surface area contributed by atoms with E-state index in [1.54, 1.807) is 6.07 Å². The number of anilines is 3. The fourth-order valence-electron chi connectivity index (χ4n) is 3.03. The quantitative estimate of drug-likeness (QED) is 0.852. The minimum atomic E-state index is 0.0514. The summed E-state index contributed by atoms with van der Waals surface area (Å²) in [6.07, 6.45) is 0. The molecule has 2 aromatic rings. The van der Waals surface area contributed by atoms with Gasteiger partial charge < -0.3 is 20.6 Å². The first-order chi connectivity index (χ1) is 12.0. The molecular formula is C17H25N7O. The molecule has 1 unspecified atom stereocenters. The summed E-state index contributed by atoms with van der Waals surface area (Å²) in [5.74, 6) is 1.83. The number of benzene rings is 1. The monoisotopic (exact) mass is 343 g/mol. The predicted octanol–water partition coefficient (Wildman–Crippen LogP) is 1.11. The van der Waals surface area contributed by atoms with E-state index in [-0.39, 0.29) is 12.0 Å². The summed E-state index contributed by atoms with van der Waals surface area (Å²) >= 11 is 0. The SMILES string of the molecule is CC(c1nc(N)nc(N(C)C)n1)N1CCN(c2ccccc2O)CC1. The molecule has 1 aliphatic heterocycles. The average molecular weight is 343 g/mol. The van der Waals surface area contributed by atoms with Crippen LogP contribution >= 0.6 is 0 Å². The maximum Gasteiger partial charge on any atom is 0.229 e. The van der Waals surface area contributed by atoms with Crippen LogP contribution in [0.1, 0.15) is 18.8 Å². The topological polar surface area (TPSA) is 94.6 Å². The Labute approximate surface area is 147 Å². The van der Waals surface area contributed by atoms with Gasteiger partial charge in [0, 0.05) is 40.3 Å². The number of phenols is 1. The number of aromatic hydroxyl groups is 1. The summed E-state index contributed by atoms with van der Waals surface area (Å²) in [7, 11) is 3.77. The number of aromatic nitrogens is 3. The Morgan fingerprint density at radius 1 is 1.08 bits per heavy atom. The zero-order valence-corrected chi connectivity index (χ0v) is 14.9. The zero-order chi connectivity index (χ0) is 18.0. The van der Waals surface area contributed by atoms with Gasteiger partial charge in [-0.3, -0.25) is 4.90 Å². The third-order valence-electron chi connectivity index (χ3n) is 4.52. The summed E-state index contributed by atoms with van der Waals surface area (Å²) in [5.41, 5.74) is 6.72. The molecule has 0 bridgehead atoms. The number of para-hydroxylation sites is 2. The second-order valence-electron chi connectivity index (χ2n) is 6.43. The first-order valence-electron chi connectivity index (χ1n) is 8.41. The van der Waals surface area contributed by atoms with Crippen molar-refractivity contribution in [2.24, 2.45) is 0 Å². The van der Waals surface area contributed by atoms with Crippen molar-refractivity contribution in [3.63, 3.8) is 0 Å². The Kier molecular flexibility index (Phi) is 4.89. The second-order valence-corrected chi connectivity index (χ2v) is 6.43. The van der Waals surface area contributed by atoms with E-state index in [1.165, 1.54) is 0 Å². The van der Waals surface area contributed by atoms with Crippen LogP contribution in [0.4, 0.5) is 17.6 Å². The van der Waals surface area contributed by atoms with Crippen LogP contribution in [0.2, 0.25) is 0 Å². The van der Waals surface area contributed by atoms with Crippen molar-refractivity contribution >= 4 is 17.6 Å². The minimum Gasteiger partial charge on any atom is -0.506 e. The van der Waals surface area contributed by atoms with Gasteiger partial charge in [0.25, 0.3) is 0 Å². The number of piperazine rings is 1. The first-order valence-corrected chi connectivity index (χ1v) is 8.41. The maximum absolute atomic E-state index is 10.0. The van der Waals surface area contributed by atoms with E-state index in [0.717, 1.165) is 31.9 Å². The molecular weight excluding hydrogens is 318 g/mol. The summed E-state index contributed by atoms with van der Waals surface area (Å²) in [6.45, 7) is 5.48. The summed E-state index contributed by atoms with van der Waals surface area (Å²) in [6, 6.07) is 7.51. The van der Waals surface area contributed by atoms with Gasteiger partial charge in [0.1, 0.15) is 5.75 Å². The average Bonchev–Trinajstić information content (AvgIpc) is 2.61. The van der Waals surface area contributed by atoms with Crippen LogP contribution in [0.5, 0.6) is 5.75 Å². The standard InChI is InChI=1S/C17H25N7O/c1-12(15-19-16(18)21-17(20-15)22(2)3)23-8-10-24(11-9-23)13-6-4-5-7-14(13)25/h4-7,12,25H,8-11H2,1-3H3,(H2,18,19,20,21). The summed E-state index contributed by atoms with van der Waals surface area (Å²) < 4.78 is 0. The molecule has 134 valence electrons. The van der Waals surface area contributed by atoms with E-state index >= 15 is 0 Å². The van der Waals surface area contributed by atoms with Gasteiger partial charge in [0.05, 0.1) is 11.7 Å². The molecule has 8 heteroatoms. The van der Waals surface area contributed by atoms with Crippen molar-refractivity contribution in [2.45, 2.75) is 13.0 Å². The molecule has 25 heavy (non-hydrogen) atoms. The fraction of sp³-hybridized carbons (Fsp3) is 0.471. The van der Waals surface area contributed by atoms with Crippen molar-refractivity contribution in [3.05, 3.63) is 30.1 Å². The zero-order valence-electron chi connectivity index (χ0n) is 14.9. The number of rotatable bonds is 4. The van der Waals surface area contributed by atoms with Gasteiger partial charge in [-0.2, -0.15) is 15.0 Å². The van der Waals surface area contributed by atoms with Crippen LogP contribution in [-0.2, 0) is 0 Å². The molecule has 1 fully saturated rings. The smallest absolute Gasteiger partial charge is 0.229 e. The van der Waals surface area contributed by atoms with Crippen molar-refractivity contribution < 1.29 is 5.11 Å². The lowest BCUT2D eigenvalue weighted by molar-refractivity contribution is 0.191. The maximum atomic E-state index is 10.0. The molecule has 0 aliphatic carbocycles. The van der Waals surface area contributed by atoms with E-state index in [1.807, 2.05) is 37.2 Å². The number of nitrogens with two attached hydrogens (primary N) is 1. The molecule has 8 nitrogen and oxygen atoms in total. The van der Waals surface area contributed by atoms with Crippen molar-refractivity contribution in [1.29, 1.82) is 0 Å². The van der Waals surface area contributed by atoms with Gasteiger partial charge in [-0.15, -0.1) is 0 Å². The Balaban J connectivity index is 1.70. The molecule has 3 N–H and O–H groups in total. The molecule has 2 heterocycles. The highest BCUT2D eigenvalue weighted by molar-refractivity contribution is 5.57. The van der Waals surface area contributed by atoms with E-state index in [9.17, 15) is 5.11 Å². The van der Waals surface area contributed by atoms with Gasteiger partial charge in [-0.25, -0.2) is 0 Å². The summed E-state index contributed by atoms with van der Waals surface area (Å²) in [5, 5.41) is 10.0. The van der Waals surface area contributed by atoms with E-state index in [4.69, 9.17) is 5.73 Å². The lowest BCUT2D eigenvalue weighted by Crippen LogP contribution is -2.47. The molecule has 1 atom stereocenters. The van der Waals surface area contributed by atoms with Crippen LogP contribution in [0.25, 0.3) is 0 Å². The van der Waals surface area contributed by atoms with Crippen LogP contribution in [0.15, 0.2) is 24.3 Å². The molecule has 0 amide bonds. The number of nitrogen functional groups attached to an aromatic ring is 1. The fourth-order valence-corrected chi connectivity index (χ4v) is 3.03. The Morgan fingerprint density at radius 3 is 2.40 bits per heavy atom. The van der Waals surface area contributed by atoms with Crippen molar-refractivity contribution in [1.82, 2.24) is 19.9 Å². The van der Waals surface area contributed by atoms with Gasteiger partial charge >= 0.3 is 0 Å². The molecule has 0 radical (unpaired) electrons. The van der Waals surface area contributed by atoms with Gasteiger partial charge in [0.2, 0.25) is 11.9 Å².